The molecule has 0 radical (unpaired) electrons. The Balaban J connectivity index is 2.00. The summed E-state index contributed by atoms with van der Waals surface area (Å²) in [5, 5.41) is 115. The van der Waals surface area contributed by atoms with Crippen molar-refractivity contribution in [3.63, 3.8) is 0 Å². The molecule has 3 rings (SSSR count). The summed E-state index contributed by atoms with van der Waals surface area (Å²) in [6.07, 6.45) is 6.01. The van der Waals surface area contributed by atoms with E-state index >= 15 is 0 Å². The Morgan fingerprint density at radius 1 is 0.671 bits per heavy atom. The summed E-state index contributed by atoms with van der Waals surface area (Å²) >= 11 is 0. The van der Waals surface area contributed by atoms with E-state index < -0.39 is 147 Å². The number of rotatable bonds is 12. The minimum absolute atomic E-state index is 0.0571. The van der Waals surface area contributed by atoms with Crippen LogP contribution in [0.2, 0.25) is 0 Å². The number of esters is 1. The van der Waals surface area contributed by atoms with Crippen LogP contribution in [0.4, 0.5) is 0 Å². The molecule has 3 aliphatic rings. The highest BCUT2D eigenvalue weighted by molar-refractivity contribution is 5.80. The molecule has 21 heteroatoms. The smallest absolute Gasteiger partial charge is 0.308 e. The number of hydrogen-bond acceptors (Lipinski definition) is 20. The van der Waals surface area contributed by atoms with Gasteiger partial charge < -0.3 is 92.5 Å². The molecule has 2 fully saturated rings. The molecule has 3 aliphatic heterocycles. The van der Waals surface area contributed by atoms with Crippen molar-refractivity contribution in [1.82, 2.24) is 10.2 Å². The normalized spacial score (nSPS) is 40.7. The molecule has 1 amide bonds. The van der Waals surface area contributed by atoms with Crippen molar-refractivity contribution in [3.05, 3.63) is 85.1 Å². The highest BCUT2D eigenvalue weighted by Crippen LogP contribution is 2.38. The van der Waals surface area contributed by atoms with Gasteiger partial charge in [0.05, 0.1) is 85.5 Å². The summed E-state index contributed by atoms with van der Waals surface area (Å²) in [6.45, 7) is 8.66. The molecular formula is C55H93N5O16. The monoisotopic (exact) mass is 1080 g/mol. The summed E-state index contributed by atoms with van der Waals surface area (Å²) in [7, 11) is 0. The van der Waals surface area contributed by atoms with E-state index in [9.17, 15) is 60.7 Å². The van der Waals surface area contributed by atoms with E-state index in [2.05, 4.69) is 5.32 Å². The summed E-state index contributed by atoms with van der Waals surface area (Å²) in [6, 6.07) is -0.851. The van der Waals surface area contributed by atoms with Crippen LogP contribution >= 0.6 is 0 Å². The van der Waals surface area contributed by atoms with Gasteiger partial charge in [0.15, 0.2) is 12.1 Å². The topological polar surface area (TPSA) is 367 Å². The van der Waals surface area contributed by atoms with Gasteiger partial charge >= 0.3 is 5.97 Å². The summed E-state index contributed by atoms with van der Waals surface area (Å²) < 4.78 is 24.4. The van der Waals surface area contributed by atoms with Gasteiger partial charge in [-0.25, -0.2) is 0 Å². The maximum atomic E-state index is 13.7. The van der Waals surface area contributed by atoms with Gasteiger partial charge in [-0.1, -0.05) is 98.9 Å². The Kier molecular flexibility index (Phi) is 30.8. The molecule has 0 aromatic heterocycles. The van der Waals surface area contributed by atoms with Gasteiger partial charge in [0.2, 0.25) is 5.91 Å². The molecule has 17 N–H and O–H groups in total. The standard InChI is InChI=1S/C55H93N5O16/c1-35-19-15-13-11-9-7-5-6-8-10-12-14-16-20-42(75-54-52(70)49(51(69)38(4)74-54)60(27-17-23-56)28-18-24-57)32-46-48(53(71)59-26-25-58)45(66)34-55(72,76-46)33-41(63)30-44(65)43(64)22-21-39(61)29-40(62)31-47(67)73-37(3)36(2)50(35)68/h5-16,19-20,35-46,48-52,54,61-66,68-70,72H,17-18,21-34,56-58H2,1-4H3,(H,59,71)/b6-5+,9-7+,10-8+,13-11+,14-12+,19-15+,20-16+/t35-,36-,37-,38+,39+,40+,41-,42-,43+,44+,45-,46-,48+,49-,50+,51+,52-,54-,55+/m0/s1. The van der Waals surface area contributed by atoms with Crippen molar-refractivity contribution in [2.24, 2.45) is 35.0 Å². The SMILES string of the molecule is C[C@@H]1[C@H](O)[C@@H](C)/C=C/C=C/C=C/C=C/C=C/C=C/C=C/[C@H](O[C@@H]2O[C@H](C)[C@@H](O)[C@H](N(CCCN)CCCN)[C@@H]2O)C[C@@H]2O[C@](O)(C[C@@H](O)C[C@@H](O)[C@H](O)CC[C@@H](O)C[C@@H](O)CC(=O)O[C@H]1C)C[C@H](O)[C@H]2C(=O)NCCN. The Morgan fingerprint density at radius 3 is 1.83 bits per heavy atom. The number of nitrogens with two attached hydrogens (primary N) is 3. The quantitative estimate of drug-likeness (QED) is 0.112. The number of nitrogens with one attached hydrogen (secondary N) is 1. The van der Waals surface area contributed by atoms with Gasteiger partial charge in [-0.05, 0) is 72.1 Å². The minimum Gasteiger partial charge on any atom is -0.462 e. The molecule has 0 aliphatic carbocycles. The van der Waals surface area contributed by atoms with Gasteiger partial charge in [0.25, 0.3) is 0 Å². The van der Waals surface area contributed by atoms with E-state index in [1.165, 1.54) is 0 Å². The summed E-state index contributed by atoms with van der Waals surface area (Å²) in [5.41, 5.74) is 17.4. The molecule has 0 saturated carbocycles. The third-order valence-corrected chi connectivity index (χ3v) is 14.1. The third-order valence-electron chi connectivity index (χ3n) is 14.1. The second kappa shape index (κ2) is 35.1. The Morgan fingerprint density at radius 2 is 1.25 bits per heavy atom. The van der Waals surface area contributed by atoms with E-state index in [1.54, 1.807) is 63.3 Å². The summed E-state index contributed by atoms with van der Waals surface area (Å²) in [4.78, 5) is 28.4. The van der Waals surface area contributed by atoms with Gasteiger partial charge in [-0.2, -0.15) is 0 Å². The largest absolute Gasteiger partial charge is 0.462 e. The second-order valence-corrected chi connectivity index (χ2v) is 20.5. The van der Waals surface area contributed by atoms with E-state index in [4.69, 9.17) is 36.1 Å². The van der Waals surface area contributed by atoms with Crippen LogP contribution in [0.3, 0.4) is 0 Å². The van der Waals surface area contributed by atoms with Crippen molar-refractivity contribution < 1.29 is 79.6 Å². The Labute approximate surface area is 449 Å². The second-order valence-electron chi connectivity index (χ2n) is 20.5. The minimum atomic E-state index is -2.29. The number of carbonyl (C=O) groups excluding carboxylic acids is 2. The first-order chi connectivity index (χ1) is 36.1. The number of amides is 1. The fourth-order valence-electron chi connectivity index (χ4n) is 9.68. The molecule has 2 bridgehead atoms. The zero-order valence-electron chi connectivity index (χ0n) is 44.9. The average molecular weight is 1080 g/mol. The molecule has 3 heterocycles. The molecule has 21 nitrogen and oxygen atoms in total. The zero-order chi connectivity index (χ0) is 56.4. The molecule has 0 aromatic carbocycles. The van der Waals surface area contributed by atoms with Gasteiger partial charge in [0.1, 0.15) is 12.2 Å². The maximum absolute atomic E-state index is 13.7. The number of allylic oxidation sites excluding steroid dienone is 12. The fraction of sp³-hybridized carbons (Fsp3) is 0.709. The fourth-order valence-corrected chi connectivity index (χ4v) is 9.68. The van der Waals surface area contributed by atoms with Gasteiger partial charge in [-0.3, -0.25) is 14.5 Å². The Hall–Kier alpha value is -3.56. The highest BCUT2D eigenvalue weighted by atomic mass is 16.7. The lowest BCUT2D eigenvalue weighted by atomic mass is 9.82. The Bertz CT molecular complexity index is 1880. The van der Waals surface area contributed by atoms with Crippen molar-refractivity contribution in [3.8, 4) is 0 Å². The first kappa shape index (κ1) is 66.7. The molecule has 0 aromatic rings. The number of cyclic esters (lactones) is 1. The lowest BCUT2D eigenvalue weighted by Gasteiger charge is -2.48. The van der Waals surface area contributed by atoms with Crippen LogP contribution in [0.25, 0.3) is 0 Å². The number of hydrogen-bond donors (Lipinski definition) is 14. The molecule has 19 atom stereocenters. The first-order valence-electron chi connectivity index (χ1n) is 27.0. The highest BCUT2D eigenvalue weighted by Gasteiger charge is 2.51. The number of nitrogens with zero attached hydrogens (tertiary/aromatic N) is 1. The predicted molar refractivity (Wildman–Crippen MR) is 286 cm³/mol. The molecular weight excluding hydrogens is 987 g/mol. The zero-order valence-corrected chi connectivity index (χ0v) is 44.9. The van der Waals surface area contributed by atoms with Crippen LogP contribution in [0.1, 0.15) is 91.9 Å². The summed E-state index contributed by atoms with van der Waals surface area (Å²) in [5.74, 6) is -5.70. The number of aliphatic hydroxyl groups excluding tert-OH is 9. The van der Waals surface area contributed by atoms with Crippen LogP contribution in [-0.2, 0) is 28.5 Å². The van der Waals surface area contributed by atoms with Crippen LogP contribution in [0, 0.1) is 17.8 Å². The van der Waals surface area contributed by atoms with Crippen LogP contribution in [-0.4, -0.2) is 205 Å². The van der Waals surface area contributed by atoms with Crippen molar-refractivity contribution in [1.29, 1.82) is 0 Å². The molecule has 0 spiro atoms. The number of aliphatic hydroxyl groups is 10. The number of carbonyl (C=O) groups is 2. The van der Waals surface area contributed by atoms with Crippen molar-refractivity contribution in [2.75, 3.05) is 39.3 Å². The predicted octanol–water partition coefficient (Wildman–Crippen LogP) is -0.257. The number of ether oxygens (including phenoxy) is 4. The lowest BCUT2D eigenvalue weighted by molar-refractivity contribution is -0.311. The van der Waals surface area contributed by atoms with Crippen molar-refractivity contribution >= 4 is 11.9 Å². The maximum Gasteiger partial charge on any atom is 0.308 e. The molecule has 76 heavy (non-hydrogen) atoms. The molecule has 434 valence electrons. The van der Waals surface area contributed by atoms with Crippen molar-refractivity contribution in [2.45, 2.75) is 189 Å². The van der Waals surface area contributed by atoms with Gasteiger partial charge in [0, 0.05) is 50.6 Å². The van der Waals surface area contributed by atoms with E-state index in [-0.39, 0.29) is 44.7 Å². The van der Waals surface area contributed by atoms with E-state index in [0.717, 1.165) is 0 Å². The average Bonchev–Trinajstić information content (AvgIpc) is 3.35. The molecule has 2 saturated heterocycles. The number of fused-ring (bicyclic) bond motifs is 2. The van der Waals surface area contributed by atoms with E-state index in [1.807, 2.05) is 54.4 Å². The van der Waals surface area contributed by atoms with Crippen LogP contribution in [0.5, 0.6) is 0 Å². The lowest BCUT2D eigenvalue weighted by Crippen LogP contribution is -2.64. The third kappa shape index (κ3) is 23.0. The van der Waals surface area contributed by atoms with Crippen LogP contribution < -0.4 is 22.5 Å². The molecule has 0 unspecified atom stereocenters. The van der Waals surface area contributed by atoms with Gasteiger partial charge in [-0.15, -0.1) is 0 Å². The first-order valence-corrected chi connectivity index (χ1v) is 27.0. The van der Waals surface area contributed by atoms with Crippen LogP contribution in [0.15, 0.2) is 85.1 Å². The van der Waals surface area contributed by atoms with E-state index in [0.29, 0.717) is 39.0 Å².